The number of carbonyl (C=O) groups is 3. The van der Waals surface area contributed by atoms with Gasteiger partial charge in [0.1, 0.15) is 34.3 Å². The minimum absolute atomic E-state index is 0.0598. The predicted molar refractivity (Wildman–Crippen MR) is 160 cm³/mol. The number of rotatable bonds is 13. The molecular formula is C24H29ClN8O10S2. The van der Waals surface area contributed by atoms with Crippen molar-refractivity contribution in [3.8, 4) is 5.75 Å². The molecule has 8 N–H and O–H groups in total. The number of aromatic nitrogens is 1. The van der Waals surface area contributed by atoms with E-state index in [1.54, 1.807) is 24.3 Å². The van der Waals surface area contributed by atoms with Gasteiger partial charge in [-0.2, -0.15) is 13.5 Å². The number of aliphatic carboxylic acids is 1. The zero-order chi connectivity index (χ0) is 33.1. The van der Waals surface area contributed by atoms with Crippen molar-refractivity contribution >= 4 is 67.8 Å². The fraction of sp³-hybridized carbons (Fsp3) is 0.417. The standard InChI is InChI=1S/C24H29ClN8O10S2/c1-24(2)17(21(35)33(24)43-45(38,39)40)31-20(34)16(15-18(25)44-23(27)30-15)32-42-14(22(36)37)10-41-13-5-3-11(4-6-13)19(26)29-12-7-8-28-9-12/h3-6,12,14,17,28H,7-10H2,1-2H3,(H2,26,29)(H2,27,30)(H,31,34)(H,36,37)(H,38,39,40). The Kier molecular flexibility index (Phi) is 10.1. The third-order valence-electron chi connectivity index (χ3n) is 6.62. The van der Waals surface area contributed by atoms with Crippen molar-refractivity contribution in [2.24, 2.45) is 15.9 Å². The maximum atomic E-state index is 13.3. The number of nitrogens with one attached hydrogen (secondary N) is 2. The maximum absolute atomic E-state index is 13.3. The second-order valence-electron chi connectivity index (χ2n) is 10.2. The molecule has 3 unspecified atom stereocenters. The number of nitrogens with zero attached hydrogens (tertiary/aromatic N) is 4. The maximum Gasteiger partial charge on any atom is 0.418 e. The highest BCUT2D eigenvalue weighted by Gasteiger charge is 2.58. The largest absolute Gasteiger partial charge is 0.489 e. The van der Waals surface area contributed by atoms with E-state index in [-0.39, 0.29) is 27.0 Å². The number of nitrogen functional groups attached to an aromatic ring is 1. The van der Waals surface area contributed by atoms with Crippen molar-refractivity contribution in [3.63, 3.8) is 0 Å². The number of nitrogens with two attached hydrogens (primary N) is 2. The zero-order valence-electron chi connectivity index (χ0n) is 23.7. The SMILES string of the molecule is CC1(C)C(NC(=O)C(=NOC(COc2ccc(C(N)=NC3CCNC3)cc2)C(=O)O)c2nc(N)sc2Cl)C(=O)N1OS(=O)(=O)O. The van der Waals surface area contributed by atoms with Crippen LogP contribution in [0.15, 0.2) is 34.4 Å². The summed E-state index contributed by atoms with van der Waals surface area (Å²) in [5, 5.41) is 19.2. The molecule has 1 aromatic heterocycles. The zero-order valence-corrected chi connectivity index (χ0v) is 26.1. The van der Waals surface area contributed by atoms with Gasteiger partial charge in [-0.1, -0.05) is 28.1 Å². The van der Waals surface area contributed by atoms with Crippen molar-refractivity contribution in [3.05, 3.63) is 39.9 Å². The van der Waals surface area contributed by atoms with Crippen LogP contribution in [0.4, 0.5) is 5.13 Å². The summed E-state index contributed by atoms with van der Waals surface area (Å²) < 4.78 is 40.8. The summed E-state index contributed by atoms with van der Waals surface area (Å²) in [6, 6.07) is 5.17. The molecule has 3 heterocycles. The molecule has 2 saturated heterocycles. The number of hydrogen-bond acceptors (Lipinski definition) is 14. The van der Waals surface area contributed by atoms with Gasteiger partial charge in [0.2, 0.25) is 0 Å². The molecule has 0 radical (unpaired) electrons. The Bertz CT molecular complexity index is 1620. The number of carboxylic acid groups (broad SMARTS) is 1. The molecule has 45 heavy (non-hydrogen) atoms. The van der Waals surface area contributed by atoms with E-state index < -0.39 is 58.2 Å². The summed E-state index contributed by atoms with van der Waals surface area (Å²) in [6.45, 7) is 3.74. The van der Waals surface area contributed by atoms with Crippen molar-refractivity contribution in [1.29, 1.82) is 0 Å². The van der Waals surface area contributed by atoms with E-state index >= 15 is 0 Å². The number of hydrogen-bond donors (Lipinski definition) is 6. The average Bonchev–Trinajstić information content (AvgIpc) is 3.60. The number of halogens is 1. The Balaban J connectivity index is 1.47. The number of carbonyl (C=O) groups excluding carboxylic acids is 2. The van der Waals surface area contributed by atoms with Gasteiger partial charge in [-0.05, 0) is 51.1 Å². The van der Waals surface area contributed by atoms with Crippen LogP contribution in [0.25, 0.3) is 0 Å². The van der Waals surface area contributed by atoms with E-state index in [2.05, 4.69) is 30.0 Å². The molecule has 0 bridgehead atoms. The topological polar surface area (TPSA) is 270 Å². The Morgan fingerprint density at radius 1 is 1.33 bits per heavy atom. The molecule has 1 aromatic carbocycles. The molecule has 18 nitrogen and oxygen atoms in total. The Labute approximate surface area is 265 Å². The number of aliphatic imine (C=N–C) groups is 1. The van der Waals surface area contributed by atoms with E-state index in [1.165, 1.54) is 13.8 Å². The quantitative estimate of drug-likeness (QED) is 0.0511. The van der Waals surface area contributed by atoms with Crippen LogP contribution in [0.2, 0.25) is 4.34 Å². The lowest BCUT2D eigenvalue weighted by molar-refractivity contribution is -0.218. The highest BCUT2D eigenvalue weighted by molar-refractivity contribution is 7.80. The summed E-state index contributed by atoms with van der Waals surface area (Å²) >= 11 is 6.94. The van der Waals surface area contributed by atoms with Gasteiger partial charge in [0.05, 0.1) is 11.6 Å². The second-order valence-corrected chi connectivity index (χ2v) is 12.9. The summed E-state index contributed by atoms with van der Waals surface area (Å²) in [6.07, 6.45) is -0.850. The fourth-order valence-electron chi connectivity index (χ4n) is 4.25. The van der Waals surface area contributed by atoms with Gasteiger partial charge in [-0.25, -0.2) is 9.78 Å². The third kappa shape index (κ3) is 8.15. The number of anilines is 1. The third-order valence-corrected chi connectivity index (χ3v) is 8.04. The van der Waals surface area contributed by atoms with E-state index in [1.807, 2.05) is 0 Å². The first-order valence-corrected chi connectivity index (χ1v) is 15.6. The summed E-state index contributed by atoms with van der Waals surface area (Å²) in [5.41, 5.74) is 10.0. The van der Waals surface area contributed by atoms with Crippen LogP contribution in [-0.4, -0.2) is 101 Å². The van der Waals surface area contributed by atoms with E-state index in [4.69, 9.17) is 37.2 Å². The summed E-state index contributed by atoms with van der Waals surface area (Å²) in [7, 11) is -5.04. The molecule has 2 aromatic rings. The number of β-lactam (4-membered cyclic amide) rings is 1. The van der Waals surface area contributed by atoms with Gasteiger partial charge in [0.15, 0.2) is 10.8 Å². The molecule has 4 rings (SSSR count). The van der Waals surface area contributed by atoms with Gasteiger partial charge in [0, 0.05) is 12.1 Å². The predicted octanol–water partition coefficient (Wildman–Crippen LogP) is -0.461. The van der Waals surface area contributed by atoms with Crippen LogP contribution in [0.3, 0.4) is 0 Å². The number of amidine groups is 1. The Hall–Kier alpha value is -4.08. The monoisotopic (exact) mass is 688 g/mol. The van der Waals surface area contributed by atoms with Crippen LogP contribution < -0.4 is 26.8 Å². The fourth-order valence-corrected chi connectivity index (χ4v) is 5.63. The molecule has 3 atom stereocenters. The first kappa shape index (κ1) is 33.8. The smallest absolute Gasteiger partial charge is 0.418 e. The van der Waals surface area contributed by atoms with Crippen LogP contribution >= 0.6 is 22.9 Å². The van der Waals surface area contributed by atoms with Crippen molar-refractivity contribution in [2.75, 3.05) is 25.4 Å². The van der Waals surface area contributed by atoms with Crippen LogP contribution in [0.1, 0.15) is 31.5 Å². The lowest BCUT2D eigenvalue weighted by Gasteiger charge is -2.50. The normalized spacial score (nSPS) is 20.8. The average molecular weight is 689 g/mol. The van der Waals surface area contributed by atoms with E-state index in [0.29, 0.717) is 16.5 Å². The second kappa shape index (κ2) is 13.5. The number of amides is 2. The number of carboxylic acids is 1. The van der Waals surface area contributed by atoms with Gasteiger partial charge in [0.25, 0.3) is 17.9 Å². The Morgan fingerprint density at radius 2 is 2.02 bits per heavy atom. The van der Waals surface area contributed by atoms with Crippen molar-refractivity contribution in [2.45, 2.75) is 44.0 Å². The minimum atomic E-state index is -5.04. The molecule has 21 heteroatoms. The highest BCUT2D eigenvalue weighted by atomic mass is 35.5. The molecule has 0 saturated carbocycles. The summed E-state index contributed by atoms with van der Waals surface area (Å²) in [5.74, 6) is -2.98. The lowest BCUT2D eigenvalue weighted by Crippen LogP contribution is -2.76. The van der Waals surface area contributed by atoms with Gasteiger partial charge in [-0.3, -0.25) is 19.1 Å². The van der Waals surface area contributed by atoms with Gasteiger partial charge >= 0.3 is 16.4 Å². The molecule has 0 spiro atoms. The Morgan fingerprint density at radius 3 is 2.56 bits per heavy atom. The van der Waals surface area contributed by atoms with Crippen molar-refractivity contribution < 1.29 is 46.3 Å². The molecule has 2 aliphatic rings. The minimum Gasteiger partial charge on any atom is -0.489 e. The first-order chi connectivity index (χ1) is 21.1. The van der Waals surface area contributed by atoms with Crippen LogP contribution in [0, 0.1) is 0 Å². The molecule has 244 valence electrons. The first-order valence-electron chi connectivity index (χ1n) is 13.0. The highest BCUT2D eigenvalue weighted by Crippen LogP contribution is 2.33. The van der Waals surface area contributed by atoms with Gasteiger partial charge in [-0.15, -0.1) is 4.28 Å². The van der Waals surface area contributed by atoms with Crippen LogP contribution in [-0.2, 0) is 33.9 Å². The number of hydroxylamine groups is 2. The molecule has 2 aliphatic heterocycles. The van der Waals surface area contributed by atoms with Gasteiger partial charge < -0.3 is 36.8 Å². The van der Waals surface area contributed by atoms with Crippen molar-refractivity contribution in [1.82, 2.24) is 20.7 Å². The molecule has 2 amide bonds. The lowest BCUT2D eigenvalue weighted by atomic mass is 9.84. The van der Waals surface area contributed by atoms with E-state index in [0.717, 1.165) is 30.8 Å². The molecule has 2 fully saturated rings. The molecule has 0 aliphatic carbocycles. The number of benzene rings is 1. The van der Waals surface area contributed by atoms with E-state index in [9.17, 15) is 27.9 Å². The van der Waals surface area contributed by atoms with Crippen LogP contribution in [0.5, 0.6) is 5.75 Å². The number of ether oxygens (including phenoxy) is 1. The number of thiazole rings is 1. The molecular weight excluding hydrogens is 660 g/mol. The number of oxime groups is 1. The summed E-state index contributed by atoms with van der Waals surface area (Å²) in [4.78, 5) is 51.2.